The summed E-state index contributed by atoms with van der Waals surface area (Å²) in [5.41, 5.74) is 6.63. The van der Waals surface area contributed by atoms with Gasteiger partial charge in [-0.05, 0) is 36.8 Å². The highest BCUT2D eigenvalue weighted by molar-refractivity contribution is 7.80. The number of hydrogen-bond acceptors (Lipinski definition) is 1. The summed E-state index contributed by atoms with van der Waals surface area (Å²) in [4.78, 5) is 6.28. The maximum Gasteiger partial charge on any atom is 0.201 e. The van der Waals surface area contributed by atoms with E-state index in [1.807, 2.05) is 24.3 Å². The summed E-state index contributed by atoms with van der Waals surface area (Å²) in [6, 6.07) is 8.01. The molecule has 0 aliphatic carbocycles. The molecule has 18 heavy (non-hydrogen) atoms. The Morgan fingerprint density at radius 2 is 2.17 bits per heavy atom. The average Bonchev–Trinajstić information content (AvgIpc) is 2.76. The van der Waals surface area contributed by atoms with E-state index in [1.165, 1.54) is 5.56 Å². The Bertz CT molecular complexity index is 471. The smallest absolute Gasteiger partial charge is 0.201 e. The van der Waals surface area contributed by atoms with Crippen LogP contribution < -0.4 is 11.1 Å². The predicted octanol–water partition coefficient (Wildman–Crippen LogP) is 1.91. The molecule has 1 aromatic carbocycles. The maximum absolute atomic E-state index is 5.89. The molecule has 1 unspecified atom stereocenters. The zero-order valence-electron chi connectivity index (χ0n) is 10.1. The molecule has 1 heterocycles. The van der Waals surface area contributed by atoms with Crippen molar-refractivity contribution in [2.24, 2.45) is 10.7 Å². The second kappa shape index (κ2) is 5.54. The second-order valence-corrected chi connectivity index (χ2v) is 4.98. The van der Waals surface area contributed by atoms with E-state index >= 15 is 0 Å². The first-order valence-corrected chi connectivity index (χ1v) is 6.50. The van der Waals surface area contributed by atoms with Crippen LogP contribution in [0.4, 0.5) is 0 Å². The number of nitrogens with one attached hydrogen (secondary N) is 1. The fraction of sp³-hybridized carbons (Fsp3) is 0.333. The highest BCUT2D eigenvalue weighted by Gasteiger charge is 2.24. The molecule has 0 bridgehead atoms. The third-order valence-corrected chi connectivity index (χ3v) is 3.29. The van der Waals surface area contributed by atoms with E-state index in [9.17, 15) is 0 Å². The number of benzene rings is 1. The molecule has 1 fully saturated rings. The molecule has 1 atom stereocenters. The lowest BCUT2D eigenvalue weighted by atomic mass is 10.1. The summed E-state index contributed by atoms with van der Waals surface area (Å²) in [6.07, 6.45) is 0. The first kappa shape index (κ1) is 13.1. The molecule has 0 spiro atoms. The minimum absolute atomic E-state index is 0.146. The van der Waals surface area contributed by atoms with Crippen molar-refractivity contribution in [1.82, 2.24) is 10.2 Å². The van der Waals surface area contributed by atoms with E-state index < -0.39 is 0 Å². The van der Waals surface area contributed by atoms with E-state index in [0.717, 1.165) is 24.1 Å². The summed E-state index contributed by atoms with van der Waals surface area (Å²) in [7, 11) is 0. The van der Waals surface area contributed by atoms with Crippen LogP contribution in [0, 0.1) is 0 Å². The summed E-state index contributed by atoms with van der Waals surface area (Å²) in [5, 5.41) is 4.07. The molecule has 3 N–H and O–H groups in total. The van der Waals surface area contributed by atoms with Gasteiger partial charge in [0.25, 0.3) is 0 Å². The van der Waals surface area contributed by atoms with E-state index in [2.05, 4.69) is 22.1 Å². The molecule has 2 rings (SSSR count). The zero-order valence-corrected chi connectivity index (χ0v) is 11.6. The van der Waals surface area contributed by atoms with Crippen molar-refractivity contribution < 1.29 is 0 Å². The standard InChI is InChI=1S/C12H15ClN4S/c1-8(9-2-4-10(13)5-3-9)17-7-6-15-12(17)16-11(14)18/h2-5,8H,6-7H2,1H3,(H3,14,15,16,18). The topological polar surface area (TPSA) is 53.6 Å². The van der Waals surface area contributed by atoms with Gasteiger partial charge >= 0.3 is 0 Å². The van der Waals surface area contributed by atoms with Gasteiger partial charge in [-0.3, -0.25) is 0 Å². The SMILES string of the molecule is CC(c1ccc(Cl)cc1)N1CCN/C1=N\C(N)=S. The molecule has 1 aromatic rings. The van der Waals surface area contributed by atoms with E-state index in [0.29, 0.717) is 0 Å². The van der Waals surface area contributed by atoms with Crippen molar-refractivity contribution in [3.05, 3.63) is 34.9 Å². The predicted molar refractivity (Wildman–Crippen MR) is 78.8 cm³/mol. The second-order valence-electron chi connectivity index (χ2n) is 4.12. The summed E-state index contributed by atoms with van der Waals surface area (Å²) >= 11 is 10.7. The lowest BCUT2D eigenvalue weighted by molar-refractivity contribution is 0.370. The van der Waals surface area contributed by atoms with Crippen molar-refractivity contribution in [3.8, 4) is 0 Å². The van der Waals surface area contributed by atoms with Crippen LogP contribution in [0.1, 0.15) is 18.5 Å². The van der Waals surface area contributed by atoms with Crippen LogP contribution in [0.5, 0.6) is 0 Å². The highest BCUT2D eigenvalue weighted by Crippen LogP contribution is 2.23. The third-order valence-electron chi connectivity index (χ3n) is 2.94. The highest BCUT2D eigenvalue weighted by atomic mass is 35.5. The van der Waals surface area contributed by atoms with Crippen molar-refractivity contribution in [3.63, 3.8) is 0 Å². The monoisotopic (exact) mass is 282 g/mol. The van der Waals surface area contributed by atoms with Gasteiger partial charge in [-0.25, -0.2) is 0 Å². The molecule has 4 nitrogen and oxygen atoms in total. The normalized spacial score (nSPS) is 18.8. The molecule has 1 aliphatic rings. The minimum Gasteiger partial charge on any atom is -0.374 e. The van der Waals surface area contributed by atoms with Crippen molar-refractivity contribution in [2.75, 3.05) is 13.1 Å². The Kier molecular flexibility index (Phi) is 4.04. The van der Waals surface area contributed by atoms with Crippen LogP contribution in [0.15, 0.2) is 29.3 Å². The van der Waals surface area contributed by atoms with Gasteiger partial charge in [-0.1, -0.05) is 23.7 Å². The number of guanidine groups is 1. The van der Waals surface area contributed by atoms with Gasteiger partial charge in [0.15, 0.2) is 5.11 Å². The number of halogens is 1. The van der Waals surface area contributed by atoms with Gasteiger partial charge in [0.1, 0.15) is 0 Å². The Morgan fingerprint density at radius 1 is 1.50 bits per heavy atom. The van der Waals surface area contributed by atoms with Crippen LogP contribution in [0.2, 0.25) is 5.02 Å². The average molecular weight is 283 g/mol. The maximum atomic E-state index is 5.89. The molecule has 6 heteroatoms. The van der Waals surface area contributed by atoms with Crippen LogP contribution in [-0.2, 0) is 0 Å². The Balaban J connectivity index is 2.20. The van der Waals surface area contributed by atoms with Gasteiger partial charge < -0.3 is 16.0 Å². The quantitative estimate of drug-likeness (QED) is 0.814. The van der Waals surface area contributed by atoms with Gasteiger partial charge in [-0.2, -0.15) is 4.99 Å². The number of nitrogens with two attached hydrogens (primary N) is 1. The van der Waals surface area contributed by atoms with Crippen molar-refractivity contribution >= 4 is 34.9 Å². The summed E-state index contributed by atoms with van der Waals surface area (Å²) in [5.74, 6) is 0.741. The van der Waals surface area contributed by atoms with Gasteiger partial charge in [-0.15, -0.1) is 0 Å². The minimum atomic E-state index is 0.146. The number of aliphatic imine (C=N–C) groups is 1. The van der Waals surface area contributed by atoms with E-state index in [-0.39, 0.29) is 11.2 Å². The summed E-state index contributed by atoms with van der Waals surface area (Å²) in [6.45, 7) is 3.84. The molecule has 0 saturated carbocycles. The number of nitrogens with zero attached hydrogens (tertiary/aromatic N) is 2. The fourth-order valence-electron chi connectivity index (χ4n) is 2.00. The number of thiocarbonyl (C=S) groups is 1. The molecule has 0 aromatic heterocycles. The van der Waals surface area contributed by atoms with E-state index in [1.54, 1.807) is 0 Å². The Morgan fingerprint density at radius 3 is 2.78 bits per heavy atom. The van der Waals surface area contributed by atoms with Crippen molar-refractivity contribution in [2.45, 2.75) is 13.0 Å². The first-order valence-electron chi connectivity index (χ1n) is 5.72. The van der Waals surface area contributed by atoms with Gasteiger partial charge in [0.05, 0.1) is 6.04 Å². The van der Waals surface area contributed by atoms with Gasteiger partial charge in [0, 0.05) is 18.1 Å². The summed E-state index contributed by atoms with van der Waals surface area (Å²) < 4.78 is 0. The molecular weight excluding hydrogens is 268 g/mol. The molecule has 0 radical (unpaired) electrons. The van der Waals surface area contributed by atoms with Crippen LogP contribution in [0.3, 0.4) is 0 Å². The van der Waals surface area contributed by atoms with E-state index in [4.69, 9.17) is 29.6 Å². The number of hydrogen-bond donors (Lipinski definition) is 2. The van der Waals surface area contributed by atoms with Crippen LogP contribution in [0.25, 0.3) is 0 Å². The van der Waals surface area contributed by atoms with Crippen LogP contribution >= 0.6 is 23.8 Å². The molecule has 0 amide bonds. The first-order chi connectivity index (χ1) is 8.58. The molecule has 1 saturated heterocycles. The largest absolute Gasteiger partial charge is 0.374 e. The lowest BCUT2D eigenvalue weighted by Crippen LogP contribution is -2.33. The molecule has 96 valence electrons. The third kappa shape index (κ3) is 2.91. The molecule has 1 aliphatic heterocycles. The van der Waals surface area contributed by atoms with Crippen molar-refractivity contribution in [1.29, 1.82) is 0 Å². The lowest BCUT2D eigenvalue weighted by Gasteiger charge is -2.25. The fourth-order valence-corrected chi connectivity index (χ4v) is 2.21. The van der Waals surface area contributed by atoms with Gasteiger partial charge in [0.2, 0.25) is 5.96 Å². The number of rotatable bonds is 2. The Labute approximate surface area is 117 Å². The van der Waals surface area contributed by atoms with Crippen LogP contribution in [-0.4, -0.2) is 29.1 Å². The zero-order chi connectivity index (χ0) is 13.1. The Hall–Kier alpha value is -1.33. The molecular formula is C12H15ClN4S.